The maximum Gasteiger partial charge on any atom is 0.262 e. The summed E-state index contributed by atoms with van der Waals surface area (Å²) in [6.07, 6.45) is 2.18. The van der Waals surface area contributed by atoms with E-state index in [9.17, 15) is 9.18 Å². The first kappa shape index (κ1) is 17.9. The second-order valence-corrected chi connectivity index (χ2v) is 6.41. The smallest absolute Gasteiger partial charge is 0.262 e. The number of rotatable bonds is 5. The average molecular weight is 382 g/mol. The Balaban J connectivity index is 1.52. The van der Waals surface area contributed by atoms with E-state index in [2.05, 4.69) is 15.4 Å². The van der Waals surface area contributed by atoms with Crippen LogP contribution in [-0.4, -0.2) is 48.6 Å². The molecule has 0 atom stereocenters. The molecule has 28 heavy (non-hydrogen) atoms. The van der Waals surface area contributed by atoms with Crippen molar-refractivity contribution in [1.29, 1.82) is 0 Å². The van der Waals surface area contributed by atoms with Crippen molar-refractivity contribution in [3.8, 4) is 17.0 Å². The van der Waals surface area contributed by atoms with Crippen LogP contribution in [0.4, 0.5) is 15.9 Å². The van der Waals surface area contributed by atoms with Gasteiger partial charge in [0, 0.05) is 12.1 Å². The van der Waals surface area contributed by atoms with Crippen LogP contribution in [-0.2, 0) is 4.79 Å². The molecule has 0 bridgehead atoms. The molecule has 0 saturated carbocycles. The zero-order valence-corrected chi connectivity index (χ0v) is 15.0. The molecule has 3 N–H and O–H groups in total. The van der Waals surface area contributed by atoms with Crippen molar-refractivity contribution >= 4 is 23.8 Å². The van der Waals surface area contributed by atoms with Crippen LogP contribution < -0.4 is 20.7 Å². The summed E-state index contributed by atoms with van der Waals surface area (Å²) in [4.78, 5) is 18.1. The second-order valence-electron chi connectivity index (χ2n) is 6.41. The molecule has 2 aliphatic rings. The fourth-order valence-corrected chi connectivity index (χ4v) is 2.97. The molecule has 1 aromatic carbocycles. The van der Waals surface area contributed by atoms with Crippen LogP contribution in [0.25, 0.3) is 11.3 Å². The fourth-order valence-electron chi connectivity index (χ4n) is 2.97. The summed E-state index contributed by atoms with van der Waals surface area (Å²) in [7, 11) is 0. The third-order valence-corrected chi connectivity index (χ3v) is 4.41. The van der Waals surface area contributed by atoms with Gasteiger partial charge < -0.3 is 15.8 Å². The van der Waals surface area contributed by atoms with Gasteiger partial charge in [-0.3, -0.25) is 14.7 Å². The zero-order chi connectivity index (χ0) is 19.5. The number of hydrogen-bond acceptors (Lipinski definition) is 7. The van der Waals surface area contributed by atoms with Gasteiger partial charge >= 0.3 is 0 Å². The first-order valence-electron chi connectivity index (χ1n) is 8.74. The van der Waals surface area contributed by atoms with Crippen LogP contribution in [0.1, 0.15) is 0 Å². The number of aromatic nitrogens is 1. The van der Waals surface area contributed by atoms with Gasteiger partial charge in [0.25, 0.3) is 5.91 Å². The third kappa shape index (κ3) is 3.65. The number of carbonyl (C=O) groups excluding carboxylic acids is 1. The van der Waals surface area contributed by atoms with Crippen molar-refractivity contribution in [2.24, 2.45) is 10.8 Å². The highest BCUT2D eigenvalue weighted by molar-refractivity contribution is 5.96. The molecule has 1 aromatic heterocycles. The summed E-state index contributed by atoms with van der Waals surface area (Å²) in [5.41, 5.74) is 8.20. The van der Waals surface area contributed by atoms with Gasteiger partial charge in [-0.2, -0.15) is 5.10 Å². The number of nitrogens with two attached hydrogens (primary N) is 1. The molecule has 0 saturated heterocycles. The number of pyridine rings is 1. The summed E-state index contributed by atoms with van der Waals surface area (Å²) in [6, 6.07) is 11.2. The van der Waals surface area contributed by atoms with Crippen LogP contribution >= 0.6 is 0 Å². The molecule has 1 amide bonds. The Morgan fingerprint density at radius 3 is 3.07 bits per heavy atom. The Labute approximate surface area is 161 Å². The number of hydrogen-bond donors (Lipinski definition) is 2. The van der Waals surface area contributed by atoms with Crippen molar-refractivity contribution in [3.63, 3.8) is 0 Å². The van der Waals surface area contributed by atoms with Crippen LogP contribution in [0.3, 0.4) is 0 Å². The minimum atomic E-state index is -0.182. The lowest BCUT2D eigenvalue weighted by molar-refractivity contribution is -0.118. The van der Waals surface area contributed by atoms with E-state index >= 15 is 0 Å². The van der Waals surface area contributed by atoms with Crippen molar-refractivity contribution in [1.82, 2.24) is 9.99 Å². The topological polar surface area (TPSA) is 96.1 Å². The van der Waals surface area contributed by atoms with E-state index in [-0.39, 0.29) is 19.1 Å². The molecule has 144 valence electrons. The van der Waals surface area contributed by atoms with Gasteiger partial charge in [-0.25, -0.2) is 9.37 Å². The molecule has 9 heteroatoms. The Morgan fingerprint density at radius 2 is 2.25 bits per heavy atom. The highest BCUT2D eigenvalue weighted by Crippen LogP contribution is 2.32. The quantitative estimate of drug-likeness (QED) is 0.820. The van der Waals surface area contributed by atoms with Crippen LogP contribution in [0, 0.1) is 0 Å². The number of halogens is 1. The number of ether oxygens (including phenoxy) is 1. The van der Waals surface area contributed by atoms with E-state index in [0.717, 1.165) is 11.3 Å². The van der Waals surface area contributed by atoms with Gasteiger partial charge in [0.05, 0.1) is 24.3 Å². The van der Waals surface area contributed by atoms with Gasteiger partial charge in [0.15, 0.2) is 6.61 Å². The largest absolute Gasteiger partial charge is 0.482 e. The lowest BCUT2D eigenvalue weighted by Gasteiger charge is -2.20. The molecule has 0 aliphatic carbocycles. The average Bonchev–Trinajstić information content (AvgIpc) is 3.20. The van der Waals surface area contributed by atoms with Gasteiger partial charge in [0.2, 0.25) is 0 Å². The van der Waals surface area contributed by atoms with Crippen LogP contribution in [0.5, 0.6) is 5.75 Å². The van der Waals surface area contributed by atoms with Crippen molar-refractivity contribution in [2.75, 3.05) is 36.6 Å². The molecule has 0 fully saturated rings. The van der Waals surface area contributed by atoms with E-state index in [0.29, 0.717) is 42.4 Å². The minimum Gasteiger partial charge on any atom is -0.482 e. The zero-order valence-electron chi connectivity index (χ0n) is 15.0. The summed E-state index contributed by atoms with van der Waals surface area (Å²) in [5.74, 6) is 1.16. The predicted octanol–water partition coefficient (Wildman–Crippen LogP) is 1.91. The highest BCUT2D eigenvalue weighted by atomic mass is 19.1. The number of carbonyl (C=O) groups is 1. The fraction of sp³-hybridized carbons (Fsp3) is 0.211. The molecule has 3 heterocycles. The Hall–Kier alpha value is -3.46. The number of amides is 1. The number of nitrogens with zero attached hydrogens (tertiary/aromatic N) is 4. The maximum atomic E-state index is 12.7. The highest BCUT2D eigenvalue weighted by Gasteiger charge is 2.19. The van der Waals surface area contributed by atoms with Crippen molar-refractivity contribution < 1.29 is 13.9 Å². The van der Waals surface area contributed by atoms with E-state index in [1.54, 1.807) is 11.3 Å². The number of benzene rings is 1. The molecule has 0 radical (unpaired) electrons. The third-order valence-electron chi connectivity index (χ3n) is 4.41. The summed E-state index contributed by atoms with van der Waals surface area (Å²) in [5, 5.41) is 8.77. The molecule has 0 unspecified atom stereocenters. The molecule has 4 rings (SSSR count). The van der Waals surface area contributed by atoms with Crippen LogP contribution in [0.2, 0.25) is 0 Å². The second kappa shape index (κ2) is 7.65. The summed E-state index contributed by atoms with van der Waals surface area (Å²) < 4.78 is 18.1. The van der Waals surface area contributed by atoms with Crippen molar-refractivity contribution in [2.45, 2.75) is 0 Å². The lowest BCUT2D eigenvalue weighted by atomic mass is 10.1. The molecular weight excluding hydrogens is 363 g/mol. The van der Waals surface area contributed by atoms with Gasteiger partial charge in [-0.1, -0.05) is 6.07 Å². The first-order valence-corrected chi connectivity index (χ1v) is 8.74. The molecule has 2 aliphatic heterocycles. The predicted molar refractivity (Wildman–Crippen MR) is 105 cm³/mol. The van der Waals surface area contributed by atoms with E-state index in [1.165, 1.54) is 0 Å². The maximum absolute atomic E-state index is 12.7. The normalized spacial score (nSPS) is 16.1. The molecule has 2 aromatic rings. The van der Waals surface area contributed by atoms with Gasteiger partial charge in [0.1, 0.15) is 24.6 Å². The standard InChI is InChI=1S/C19H19FN6O2/c20-7-13(8-21)9-26-12-25(11-22-26)18-3-1-2-15(23-18)14-4-5-17-16(6-14)24-19(27)10-28-17/h1-7,11H,8-10,12,21H2,(H,24,27)/b13-7+. The van der Waals surface area contributed by atoms with E-state index in [4.69, 9.17) is 10.5 Å². The lowest BCUT2D eigenvalue weighted by Crippen LogP contribution is -2.29. The Bertz CT molecular complexity index is 961. The van der Waals surface area contributed by atoms with Gasteiger partial charge in [-0.15, -0.1) is 0 Å². The first-order chi connectivity index (χ1) is 13.7. The summed E-state index contributed by atoms with van der Waals surface area (Å²) >= 11 is 0. The minimum absolute atomic E-state index is 0.0222. The Morgan fingerprint density at radius 1 is 1.36 bits per heavy atom. The monoisotopic (exact) mass is 382 g/mol. The van der Waals surface area contributed by atoms with Crippen LogP contribution in [0.15, 0.2) is 53.4 Å². The molecule has 8 nitrogen and oxygen atoms in total. The van der Waals surface area contributed by atoms with E-state index in [1.807, 2.05) is 41.3 Å². The summed E-state index contributed by atoms with van der Waals surface area (Å²) in [6.45, 7) is 0.940. The number of anilines is 2. The Kier molecular flexibility index (Phi) is 4.90. The SMILES string of the molecule is NC/C(=C\F)CN1CN(c2cccc(-c3ccc4c(c3)NC(=O)CO4)n2)C=N1. The number of fused-ring (bicyclic) bond motifs is 1. The molecular formula is C19H19FN6O2. The van der Waals surface area contributed by atoms with Gasteiger partial charge in [-0.05, 0) is 35.9 Å². The number of nitrogens with one attached hydrogen (secondary N) is 1. The van der Waals surface area contributed by atoms with E-state index < -0.39 is 0 Å². The molecule has 0 spiro atoms. The number of hydrazone groups is 1. The van der Waals surface area contributed by atoms with Crippen molar-refractivity contribution in [3.05, 3.63) is 48.3 Å².